The molecule has 0 rings (SSSR count). The fourth-order valence-electron chi connectivity index (χ4n) is 2.36. The van der Waals surface area contributed by atoms with Crippen molar-refractivity contribution in [2.75, 3.05) is 6.54 Å². The van der Waals surface area contributed by atoms with Gasteiger partial charge in [-0.25, -0.2) is 4.79 Å². The second-order valence-corrected chi connectivity index (χ2v) is 6.82. The molecule has 0 radical (unpaired) electrons. The van der Waals surface area contributed by atoms with Crippen LogP contribution in [0.15, 0.2) is 0 Å². The highest BCUT2D eigenvalue weighted by Crippen LogP contribution is 2.06. The first-order valence-electron chi connectivity index (χ1n) is 9.15. The standard InChI is InChI=1S/C17H28N4O9/c1-8(2)14(21-11(22)7-18)16(28)19-9(3-5-12(23)24)15(27)20-10(17(29)30)4-6-13(25)26/h8-10,14H,3-7,18H2,1-2H3,(H,19,28)(H,20,27)(H,21,22)(H,23,24)(H,25,26)(H,29,30). The van der Waals surface area contributed by atoms with Crippen molar-refractivity contribution in [1.82, 2.24) is 16.0 Å². The van der Waals surface area contributed by atoms with Gasteiger partial charge >= 0.3 is 17.9 Å². The maximum absolute atomic E-state index is 12.5. The SMILES string of the molecule is CC(C)C(NC(=O)CN)C(=O)NC(CCC(=O)O)C(=O)NC(CCC(=O)O)C(=O)O. The molecule has 0 saturated carbocycles. The van der Waals surface area contributed by atoms with Crippen LogP contribution in [0.4, 0.5) is 0 Å². The van der Waals surface area contributed by atoms with E-state index in [1.54, 1.807) is 13.8 Å². The van der Waals surface area contributed by atoms with Gasteiger partial charge in [0.2, 0.25) is 17.7 Å². The van der Waals surface area contributed by atoms with Crippen LogP contribution in [0, 0.1) is 5.92 Å². The predicted molar refractivity (Wildman–Crippen MR) is 101 cm³/mol. The van der Waals surface area contributed by atoms with Gasteiger partial charge in [0.1, 0.15) is 18.1 Å². The third-order valence-corrected chi connectivity index (χ3v) is 3.99. The zero-order valence-corrected chi connectivity index (χ0v) is 16.7. The Morgan fingerprint density at radius 1 is 0.767 bits per heavy atom. The third-order valence-electron chi connectivity index (χ3n) is 3.99. The number of carbonyl (C=O) groups is 6. The van der Waals surface area contributed by atoms with E-state index in [1.165, 1.54) is 0 Å². The average molecular weight is 432 g/mol. The Kier molecular flexibility index (Phi) is 11.7. The number of nitrogens with one attached hydrogen (secondary N) is 3. The van der Waals surface area contributed by atoms with Crippen LogP contribution in [0.25, 0.3) is 0 Å². The minimum Gasteiger partial charge on any atom is -0.481 e. The number of amides is 3. The molecule has 0 aliphatic heterocycles. The molecule has 13 heteroatoms. The highest BCUT2D eigenvalue weighted by molar-refractivity contribution is 5.94. The fraction of sp³-hybridized carbons (Fsp3) is 0.647. The van der Waals surface area contributed by atoms with Crippen molar-refractivity contribution in [3.63, 3.8) is 0 Å². The van der Waals surface area contributed by atoms with Gasteiger partial charge in [-0.2, -0.15) is 0 Å². The molecular weight excluding hydrogens is 404 g/mol. The molecule has 3 unspecified atom stereocenters. The summed E-state index contributed by atoms with van der Waals surface area (Å²) in [5.74, 6) is -6.78. The Balaban J connectivity index is 5.39. The molecule has 30 heavy (non-hydrogen) atoms. The summed E-state index contributed by atoms with van der Waals surface area (Å²) in [5.41, 5.74) is 5.21. The molecule has 0 aromatic rings. The van der Waals surface area contributed by atoms with Crippen molar-refractivity contribution in [2.45, 2.75) is 57.7 Å². The number of carbonyl (C=O) groups excluding carboxylic acids is 3. The first-order chi connectivity index (χ1) is 13.9. The van der Waals surface area contributed by atoms with Gasteiger partial charge in [-0.15, -0.1) is 0 Å². The van der Waals surface area contributed by atoms with Gasteiger partial charge in [-0.1, -0.05) is 13.8 Å². The van der Waals surface area contributed by atoms with Gasteiger partial charge in [0.05, 0.1) is 6.54 Å². The van der Waals surface area contributed by atoms with Crippen LogP contribution >= 0.6 is 0 Å². The normalized spacial score (nSPS) is 13.6. The minimum absolute atomic E-state index is 0.353. The van der Waals surface area contributed by atoms with Gasteiger partial charge in [0.25, 0.3) is 0 Å². The number of hydrogen-bond donors (Lipinski definition) is 7. The van der Waals surface area contributed by atoms with Crippen molar-refractivity contribution >= 4 is 35.6 Å². The van der Waals surface area contributed by atoms with Crippen LogP contribution in [0.2, 0.25) is 0 Å². The summed E-state index contributed by atoms with van der Waals surface area (Å²) in [7, 11) is 0. The second-order valence-electron chi connectivity index (χ2n) is 6.82. The topological polar surface area (TPSA) is 225 Å². The van der Waals surface area contributed by atoms with E-state index in [-0.39, 0.29) is 13.0 Å². The van der Waals surface area contributed by atoms with Gasteiger partial charge in [-0.05, 0) is 18.8 Å². The zero-order valence-electron chi connectivity index (χ0n) is 16.7. The molecule has 8 N–H and O–H groups in total. The molecule has 0 spiro atoms. The summed E-state index contributed by atoms with van der Waals surface area (Å²) in [6, 6.07) is -4.03. The summed E-state index contributed by atoms with van der Waals surface area (Å²) in [4.78, 5) is 69.3. The maximum Gasteiger partial charge on any atom is 0.326 e. The largest absolute Gasteiger partial charge is 0.481 e. The molecule has 0 aromatic carbocycles. The highest BCUT2D eigenvalue weighted by atomic mass is 16.4. The zero-order chi connectivity index (χ0) is 23.4. The summed E-state index contributed by atoms with van der Waals surface area (Å²) in [6.07, 6.45) is -1.79. The van der Waals surface area contributed by atoms with E-state index < -0.39 is 78.9 Å². The summed E-state index contributed by atoms with van der Waals surface area (Å²) in [5, 5.41) is 33.5. The van der Waals surface area contributed by atoms with E-state index in [9.17, 15) is 28.8 Å². The van der Waals surface area contributed by atoms with Crippen LogP contribution < -0.4 is 21.7 Å². The summed E-state index contributed by atoms with van der Waals surface area (Å²) < 4.78 is 0. The van der Waals surface area contributed by atoms with Crippen molar-refractivity contribution in [1.29, 1.82) is 0 Å². The number of carboxylic acid groups (broad SMARTS) is 3. The minimum atomic E-state index is -1.55. The molecule has 0 saturated heterocycles. The van der Waals surface area contributed by atoms with Crippen LogP contribution in [-0.4, -0.2) is 75.6 Å². The molecule has 3 atom stereocenters. The van der Waals surface area contributed by atoms with E-state index in [0.29, 0.717) is 0 Å². The second kappa shape index (κ2) is 13.1. The van der Waals surface area contributed by atoms with E-state index in [0.717, 1.165) is 0 Å². The van der Waals surface area contributed by atoms with Gasteiger partial charge in [0, 0.05) is 12.8 Å². The lowest BCUT2D eigenvalue weighted by Crippen LogP contribution is -2.57. The molecular formula is C17H28N4O9. The highest BCUT2D eigenvalue weighted by Gasteiger charge is 2.31. The molecule has 170 valence electrons. The van der Waals surface area contributed by atoms with E-state index in [4.69, 9.17) is 21.1 Å². The van der Waals surface area contributed by atoms with Crippen LogP contribution in [-0.2, 0) is 28.8 Å². The lowest BCUT2D eigenvalue weighted by atomic mass is 10.0. The number of aliphatic carboxylic acids is 3. The molecule has 0 heterocycles. The summed E-state index contributed by atoms with van der Waals surface area (Å²) >= 11 is 0. The van der Waals surface area contributed by atoms with Crippen LogP contribution in [0.3, 0.4) is 0 Å². The average Bonchev–Trinajstić information content (AvgIpc) is 2.64. The maximum atomic E-state index is 12.5. The van der Waals surface area contributed by atoms with Crippen molar-refractivity contribution in [3.8, 4) is 0 Å². The molecule has 0 fully saturated rings. The van der Waals surface area contributed by atoms with Crippen LogP contribution in [0.1, 0.15) is 39.5 Å². The van der Waals surface area contributed by atoms with Crippen molar-refractivity contribution in [3.05, 3.63) is 0 Å². The Hall–Kier alpha value is -3.22. The molecule has 0 aliphatic carbocycles. The monoisotopic (exact) mass is 432 g/mol. The van der Waals surface area contributed by atoms with Crippen molar-refractivity contribution < 1.29 is 44.1 Å². The molecule has 3 amide bonds. The molecule has 0 aromatic heterocycles. The van der Waals surface area contributed by atoms with Gasteiger partial charge in [0.15, 0.2) is 0 Å². The summed E-state index contributed by atoms with van der Waals surface area (Å²) in [6.45, 7) is 2.88. The lowest BCUT2D eigenvalue weighted by Gasteiger charge is -2.25. The van der Waals surface area contributed by atoms with Crippen LogP contribution in [0.5, 0.6) is 0 Å². The Bertz CT molecular complexity index is 666. The van der Waals surface area contributed by atoms with E-state index in [2.05, 4.69) is 16.0 Å². The Morgan fingerprint density at radius 2 is 1.23 bits per heavy atom. The van der Waals surface area contributed by atoms with E-state index >= 15 is 0 Å². The molecule has 0 aliphatic rings. The van der Waals surface area contributed by atoms with E-state index in [1.807, 2.05) is 0 Å². The number of nitrogens with two attached hydrogens (primary N) is 1. The smallest absolute Gasteiger partial charge is 0.326 e. The predicted octanol–water partition coefficient (Wildman–Crippen LogP) is -2.13. The van der Waals surface area contributed by atoms with Crippen molar-refractivity contribution in [2.24, 2.45) is 11.7 Å². The number of rotatable bonds is 14. The molecule has 13 nitrogen and oxygen atoms in total. The Morgan fingerprint density at radius 3 is 1.63 bits per heavy atom. The number of hydrogen-bond acceptors (Lipinski definition) is 7. The first kappa shape index (κ1) is 26.8. The first-order valence-corrected chi connectivity index (χ1v) is 9.15. The Labute approximate surface area is 172 Å². The number of carboxylic acids is 3. The third kappa shape index (κ3) is 10.4. The van der Waals surface area contributed by atoms with Gasteiger partial charge in [-0.3, -0.25) is 24.0 Å². The van der Waals surface area contributed by atoms with Gasteiger partial charge < -0.3 is 37.0 Å². The quantitative estimate of drug-likeness (QED) is 0.158. The lowest BCUT2D eigenvalue weighted by molar-refractivity contribution is -0.144. The fourth-order valence-corrected chi connectivity index (χ4v) is 2.36. The molecule has 0 bridgehead atoms.